The second-order valence-corrected chi connectivity index (χ2v) is 8.67. The number of pyridine rings is 1. The van der Waals surface area contributed by atoms with E-state index < -0.39 is 6.04 Å². The summed E-state index contributed by atoms with van der Waals surface area (Å²) in [4.78, 5) is 42.0. The molecule has 0 fully saturated rings. The average Bonchev–Trinajstić information content (AvgIpc) is 3.13. The molecule has 1 aliphatic rings. The highest BCUT2D eigenvalue weighted by Crippen LogP contribution is 2.31. The highest BCUT2D eigenvalue weighted by atomic mass is 35.5. The van der Waals surface area contributed by atoms with Crippen LogP contribution in [-0.2, 0) is 11.3 Å². The van der Waals surface area contributed by atoms with Crippen LogP contribution in [0.3, 0.4) is 0 Å². The van der Waals surface area contributed by atoms with Crippen LogP contribution in [-0.4, -0.2) is 64.0 Å². The Labute approximate surface area is 202 Å². The molecule has 0 aliphatic carbocycles. The lowest BCUT2D eigenvalue weighted by Gasteiger charge is -2.21. The third-order valence-electron chi connectivity index (χ3n) is 5.55. The number of halogens is 1. The number of hydrogen-bond acceptors (Lipinski definition) is 7. The van der Waals surface area contributed by atoms with E-state index in [9.17, 15) is 14.7 Å². The number of amides is 2. The van der Waals surface area contributed by atoms with Crippen molar-refractivity contribution in [2.45, 2.75) is 19.5 Å². The molecule has 3 aromatic rings. The summed E-state index contributed by atoms with van der Waals surface area (Å²) >= 11 is 6.25. The van der Waals surface area contributed by atoms with Gasteiger partial charge in [0.1, 0.15) is 18.2 Å². The fourth-order valence-electron chi connectivity index (χ4n) is 3.80. The van der Waals surface area contributed by atoms with E-state index in [1.807, 2.05) is 43.3 Å². The number of aliphatic hydroxyl groups excluding tert-OH is 1. The number of aromatic nitrogens is 3. The number of rotatable bonds is 7. The molecule has 0 radical (unpaired) electrons. The number of hydrogen-bond donors (Lipinski definition) is 2. The summed E-state index contributed by atoms with van der Waals surface area (Å²) in [6, 6.07) is 10.2. The lowest BCUT2D eigenvalue weighted by molar-refractivity contribution is -0.122. The highest BCUT2D eigenvalue weighted by molar-refractivity contribution is 6.32. The maximum Gasteiger partial charge on any atom is 0.254 e. The van der Waals surface area contributed by atoms with Crippen molar-refractivity contribution in [1.29, 1.82) is 0 Å². The van der Waals surface area contributed by atoms with Crippen LogP contribution in [0.2, 0.25) is 5.02 Å². The summed E-state index contributed by atoms with van der Waals surface area (Å²) in [5.41, 5.74) is 3.14. The van der Waals surface area contributed by atoms with Crippen LogP contribution in [0.25, 0.3) is 11.3 Å². The van der Waals surface area contributed by atoms with Gasteiger partial charge in [-0.3, -0.25) is 9.59 Å². The maximum atomic E-state index is 13.0. The molecule has 0 saturated carbocycles. The van der Waals surface area contributed by atoms with E-state index in [4.69, 9.17) is 11.6 Å². The predicted octanol–water partition coefficient (Wildman–Crippen LogP) is 2.37. The van der Waals surface area contributed by atoms with Crippen LogP contribution in [0.15, 0.2) is 42.6 Å². The van der Waals surface area contributed by atoms with Crippen LogP contribution in [0.1, 0.15) is 33.5 Å². The molecule has 1 aliphatic heterocycles. The second kappa shape index (κ2) is 9.74. The van der Waals surface area contributed by atoms with E-state index in [0.717, 1.165) is 5.56 Å². The van der Waals surface area contributed by atoms with E-state index in [-0.39, 0.29) is 25.0 Å². The normalized spacial score (nSPS) is 13.6. The van der Waals surface area contributed by atoms with Crippen LogP contribution >= 0.6 is 11.6 Å². The number of anilines is 1. The van der Waals surface area contributed by atoms with Gasteiger partial charge < -0.3 is 20.2 Å². The van der Waals surface area contributed by atoms with Crippen molar-refractivity contribution in [1.82, 2.24) is 25.2 Å². The van der Waals surface area contributed by atoms with Gasteiger partial charge in [0.15, 0.2) is 0 Å². The van der Waals surface area contributed by atoms with Gasteiger partial charge >= 0.3 is 0 Å². The number of aliphatic hydroxyl groups is 1. The predicted molar refractivity (Wildman–Crippen MR) is 128 cm³/mol. The van der Waals surface area contributed by atoms with Gasteiger partial charge in [0, 0.05) is 38.0 Å². The Morgan fingerprint density at radius 2 is 2.06 bits per heavy atom. The van der Waals surface area contributed by atoms with Gasteiger partial charge in [-0.05, 0) is 30.7 Å². The Morgan fingerprint density at radius 1 is 1.26 bits per heavy atom. The minimum atomic E-state index is -0.678. The smallest absolute Gasteiger partial charge is 0.254 e. The minimum Gasteiger partial charge on any atom is -0.394 e. The molecule has 10 heteroatoms. The minimum absolute atomic E-state index is 0.139. The van der Waals surface area contributed by atoms with Gasteiger partial charge in [-0.15, -0.1) is 0 Å². The molecule has 9 nitrogen and oxygen atoms in total. The van der Waals surface area contributed by atoms with Crippen molar-refractivity contribution in [3.63, 3.8) is 0 Å². The van der Waals surface area contributed by atoms with Gasteiger partial charge in [-0.25, -0.2) is 15.0 Å². The molecule has 1 aromatic carbocycles. The third kappa shape index (κ3) is 4.85. The largest absolute Gasteiger partial charge is 0.394 e. The lowest BCUT2D eigenvalue weighted by atomic mass is 10.0. The number of carbonyl (C=O) groups is 2. The first-order valence-electron chi connectivity index (χ1n) is 10.7. The Balaban J connectivity index is 1.47. The Hall–Kier alpha value is -3.56. The number of carbonyl (C=O) groups excluding carboxylic acids is 2. The summed E-state index contributed by atoms with van der Waals surface area (Å²) in [6.07, 6.45) is 1.53. The molecular weight excluding hydrogens is 456 g/mol. The molecule has 1 atom stereocenters. The zero-order chi connectivity index (χ0) is 24.4. The molecule has 2 aromatic heterocycles. The van der Waals surface area contributed by atoms with E-state index >= 15 is 0 Å². The molecule has 0 saturated heterocycles. The molecule has 4 rings (SSSR count). The van der Waals surface area contributed by atoms with E-state index in [1.165, 1.54) is 11.1 Å². The summed E-state index contributed by atoms with van der Waals surface area (Å²) < 4.78 is 0. The highest BCUT2D eigenvalue weighted by Gasteiger charge is 2.30. The number of fused-ring (bicyclic) bond motifs is 1. The van der Waals surface area contributed by atoms with Crippen molar-refractivity contribution < 1.29 is 14.7 Å². The Morgan fingerprint density at radius 3 is 2.79 bits per heavy atom. The molecule has 2 N–H and O–H groups in total. The summed E-state index contributed by atoms with van der Waals surface area (Å²) in [6.45, 7) is 1.63. The molecule has 3 heterocycles. The van der Waals surface area contributed by atoms with Gasteiger partial charge in [-0.2, -0.15) is 0 Å². The number of aryl methyl sites for hydroxylation is 1. The fourth-order valence-corrected chi connectivity index (χ4v) is 4.00. The quantitative estimate of drug-likeness (QED) is 0.534. The molecule has 34 heavy (non-hydrogen) atoms. The molecule has 176 valence electrons. The SMILES string of the molecule is Cc1ncc(Cl)c(-c2ccc3c(c2)C(=O)N(CC(=O)N[C@H](CO)c2cccc(N(C)C)n2)C3)n1. The summed E-state index contributed by atoms with van der Waals surface area (Å²) in [5.74, 6) is 0.660. The zero-order valence-electron chi connectivity index (χ0n) is 19.1. The molecule has 2 amide bonds. The van der Waals surface area contributed by atoms with E-state index in [1.54, 1.807) is 19.1 Å². The molecular formula is C24H25ClN6O3. The van der Waals surface area contributed by atoms with E-state index in [2.05, 4.69) is 20.3 Å². The first-order chi connectivity index (χ1) is 16.3. The fraction of sp³-hybridized carbons (Fsp3) is 0.292. The monoisotopic (exact) mass is 480 g/mol. The summed E-state index contributed by atoms with van der Waals surface area (Å²) in [5, 5.41) is 13.0. The van der Waals surface area contributed by atoms with Crippen LogP contribution in [0.5, 0.6) is 0 Å². The van der Waals surface area contributed by atoms with Gasteiger partial charge in [0.2, 0.25) is 5.91 Å². The van der Waals surface area contributed by atoms with Gasteiger partial charge in [-0.1, -0.05) is 29.8 Å². The van der Waals surface area contributed by atoms with Crippen molar-refractivity contribution in [2.24, 2.45) is 0 Å². The molecule has 0 bridgehead atoms. The number of nitrogens with one attached hydrogen (secondary N) is 1. The summed E-state index contributed by atoms with van der Waals surface area (Å²) in [7, 11) is 3.72. The number of nitrogens with zero attached hydrogens (tertiary/aromatic N) is 5. The second-order valence-electron chi connectivity index (χ2n) is 8.26. The van der Waals surface area contributed by atoms with Gasteiger partial charge in [0.25, 0.3) is 5.91 Å². The van der Waals surface area contributed by atoms with Crippen molar-refractivity contribution in [3.05, 3.63) is 70.3 Å². The van der Waals surface area contributed by atoms with Crippen LogP contribution < -0.4 is 10.2 Å². The first-order valence-corrected chi connectivity index (χ1v) is 11.1. The maximum absolute atomic E-state index is 13.0. The van der Waals surface area contributed by atoms with Crippen LogP contribution in [0.4, 0.5) is 5.82 Å². The van der Waals surface area contributed by atoms with Crippen molar-refractivity contribution in [2.75, 3.05) is 32.1 Å². The third-order valence-corrected chi connectivity index (χ3v) is 5.83. The molecule has 0 unspecified atom stereocenters. The van der Waals surface area contributed by atoms with Crippen molar-refractivity contribution in [3.8, 4) is 11.3 Å². The Kier molecular flexibility index (Phi) is 6.76. The number of benzene rings is 1. The Bertz CT molecular complexity index is 1250. The standard InChI is InChI=1S/C24H25ClN6O3/c1-14-26-10-18(25)23(27-14)15-7-8-16-11-31(24(34)17(16)9-15)12-22(33)29-20(13-32)19-5-4-6-21(28-19)30(2)3/h4-10,20,32H,11-13H2,1-3H3,(H,29,33)/t20-/m1/s1. The topological polar surface area (TPSA) is 112 Å². The lowest BCUT2D eigenvalue weighted by Crippen LogP contribution is -2.40. The van der Waals surface area contributed by atoms with Gasteiger partial charge in [0.05, 0.1) is 29.1 Å². The van der Waals surface area contributed by atoms with Crippen molar-refractivity contribution >= 4 is 29.2 Å². The van der Waals surface area contributed by atoms with Crippen LogP contribution in [0, 0.1) is 6.92 Å². The first kappa shape index (κ1) is 23.6. The molecule has 0 spiro atoms. The average molecular weight is 481 g/mol. The zero-order valence-corrected chi connectivity index (χ0v) is 19.9. The van der Waals surface area contributed by atoms with E-state index in [0.29, 0.717) is 45.7 Å².